The van der Waals surface area contributed by atoms with E-state index in [0.29, 0.717) is 11.8 Å². The first-order valence-electron chi connectivity index (χ1n) is 9.13. The third kappa shape index (κ3) is 5.24. The quantitative estimate of drug-likeness (QED) is 0.337. The standard InChI is InChI=1S/C18H17F4N9/c1-17(3-4-17)31-16-29-14(25-9-2-5-24-13(23)8-9)28-15(30-16)26-10-6-11(18(20,21)22)27-12(19)7-10/h2,5-8H,3-4H2,1H3,(H5,23,24,25,26,27,28,29,30,31). The first-order chi connectivity index (χ1) is 14.6. The van der Waals surface area contributed by atoms with Crippen molar-refractivity contribution in [3.63, 3.8) is 0 Å². The summed E-state index contributed by atoms with van der Waals surface area (Å²) in [6.45, 7) is 1.98. The predicted molar refractivity (Wildman–Crippen MR) is 106 cm³/mol. The van der Waals surface area contributed by atoms with Gasteiger partial charge in [0, 0.05) is 35.2 Å². The molecule has 9 nitrogen and oxygen atoms in total. The molecule has 162 valence electrons. The van der Waals surface area contributed by atoms with Gasteiger partial charge in [-0.05, 0) is 31.9 Å². The molecule has 1 saturated carbocycles. The van der Waals surface area contributed by atoms with Crippen LogP contribution < -0.4 is 21.7 Å². The molecule has 1 aliphatic rings. The van der Waals surface area contributed by atoms with Gasteiger partial charge in [0.25, 0.3) is 0 Å². The Labute approximate surface area is 173 Å². The second kappa shape index (κ2) is 7.49. The molecule has 0 atom stereocenters. The normalized spacial score (nSPS) is 14.7. The van der Waals surface area contributed by atoms with Gasteiger partial charge in [-0.3, -0.25) is 0 Å². The monoisotopic (exact) mass is 435 g/mol. The Morgan fingerprint density at radius 3 is 2.19 bits per heavy atom. The number of nitrogens with one attached hydrogen (secondary N) is 3. The molecule has 4 rings (SSSR count). The van der Waals surface area contributed by atoms with E-state index >= 15 is 0 Å². The molecule has 0 bridgehead atoms. The summed E-state index contributed by atoms with van der Waals surface area (Å²) < 4.78 is 52.5. The zero-order valence-corrected chi connectivity index (χ0v) is 16.1. The van der Waals surface area contributed by atoms with E-state index in [1.54, 1.807) is 12.1 Å². The number of hydrogen-bond acceptors (Lipinski definition) is 9. The van der Waals surface area contributed by atoms with Gasteiger partial charge in [0.05, 0.1) is 0 Å². The highest BCUT2D eigenvalue weighted by molar-refractivity contribution is 5.61. The Bertz CT molecular complexity index is 1120. The van der Waals surface area contributed by atoms with Crippen LogP contribution in [0.4, 0.5) is 52.6 Å². The minimum Gasteiger partial charge on any atom is -0.384 e. The molecule has 1 fully saturated rings. The van der Waals surface area contributed by atoms with Gasteiger partial charge in [0.1, 0.15) is 11.5 Å². The number of hydrogen-bond donors (Lipinski definition) is 4. The first kappa shape index (κ1) is 20.5. The van der Waals surface area contributed by atoms with Gasteiger partial charge in [-0.15, -0.1) is 0 Å². The number of rotatable bonds is 6. The summed E-state index contributed by atoms with van der Waals surface area (Å²) in [6, 6.07) is 4.67. The Kier molecular flexibility index (Phi) is 4.95. The highest BCUT2D eigenvalue weighted by Crippen LogP contribution is 2.37. The molecule has 0 aromatic carbocycles. The maximum atomic E-state index is 13.6. The molecule has 1 aliphatic carbocycles. The van der Waals surface area contributed by atoms with Crippen molar-refractivity contribution in [2.45, 2.75) is 31.5 Å². The van der Waals surface area contributed by atoms with Gasteiger partial charge in [-0.25, -0.2) is 9.97 Å². The molecule has 3 aromatic heterocycles. The molecule has 3 aromatic rings. The largest absolute Gasteiger partial charge is 0.433 e. The lowest BCUT2D eigenvalue weighted by Crippen LogP contribution is -2.19. The van der Waals surface area contributed by atoms with Crippen LogP contribution in [0.1, 0.15) is 25.5 Å². The average molecular weight is 435 g/mol. The summed E-state index contributed by atoms with van der Waals surface area (Å²) in [7, 11) is 0. The lowest BCUT2D eigenvalue weighted by molar-refractivity contribution is -0.141. The van der Waals surface area contributed by atoms with Crippen molar-refractivity contribution in [3.8, 4) is 0 Å². The molecule has 0 amide bonds. The zero-order valence-electron chi connectivity index (χ0n) is 16.1. The van der Waals surface area contributed by atoms with Crippen LogP contribution in [0.5, 0.6) is 0 Å². The molecule has 0 radical (unpaired) electrons. The van der Waals surface area contributed by atoms with E-state index < -0.39 is 17.8 Å². The fraction of sp³-hybridized carbons (Fsp3) is 0.278. The third-order valence-corrected chi connectivity index (χ3v) is 4.43. The van der Waals surface area contributed by atoms with Crippen LogP contribution >= 0.6 is 0 Å². The molecule has 5 N–H and O–H groups in total. The third-order valence-electron chi connectivity index (χ3n) is 4.43. The Morgan fingerprint density at radius 2 is 1.58 bits per heavy atom. The van der Waals surface area contributed by atoms with Crippen molar-refractivity contribution < 1.29 is 17.6 Å². The van der Waals surface area contributed by atoms with E-state index in [2.05, 4.69) is 40.9 Å². The molecule has 31 heavy (non-hydrogen) atoms. The van der Waals surface area contributed by atoms with Crippen LogP contribution in [0.3, 0.4) is 0 Å². The SMILES string of the molecule is CC1(Nc2nc(Nc3ccnc(N)c3)nc(Nc3cc(F)nc(C(F)(F)F)c3)n2)CC1. The molecule has 0 saturated heterocycles. The fourth-order valence-corrected chi connectivity index (χ4v) is 2.62. The summed E-state index contributed by atoms with van der Waals surface area (Å²) >= 11 is 0. The minimum absolute atomic E-state index is 0.0926. The van der Waals surface area contributed by atoms with Crippen molar-refractivity contribution in [3.05, 3.63) is 42.1 Å². The summed E-state index contributed by atoms with van der Waals surface area (Å²) in [5.41, 5.74) is 4.44. The van der Waals surface area contributed by atoms with E-state index in [-0.39, 0.29) is 34.9 Å². The average Bonchev–Trinajstić information content (AvgIpc) is 3.37. The Morgan fingerprint density at radius 1 is 0.935 bits per heavy atom. The molecular weight excluding hydrogens is 418 g/mol. The number of alkyl halides is 3. The number of aromatic nitrogens is 5. The number of pyridine rings is 2. The van der Waals surface area contributed by atoms with E-state index in [1.807, 2.05) is 6.92 Å². The molecular formula is C18H17F4N9. The van der Waals surface area contributed by atoms with Crippen molar-refractivity contribution in [2.24, 2.45) is 0 Å². The number of nitrogens with two attached hydrogens (primary N) is 1. The summed E-state index contributed by atoms with van der Waals surface area (Å²) in [4.78, 5) is 19.4. The van der Waals surface area contributed by atoms with Crippen LogP contribution in [0.15, 0.2) is 30.5 Å². The molecule has 0 aliphatic heterocycles. The van der Waals surface area contributed by atoms with E-state index in [4.69, 9.17) is 5.73 Å². The van der Waals surface area contributed by atoms with Crippen molar-refractivity contribution in [1.29, 1.82) is 0 Å². The maximum absolute atomic E-state index is 13.6. The van der Waals surface area contributed by atoms with Crippen molar-refractivity contribution >= 4 is 35.0 Å². The maximum Gasteiger partial charge on any atom is 0.433 e. The van der Waals surface area contributed by atoms with Gasteiger partial charge in [0.2, 0.25) is 23.8 Å². The van der Waals surface area contributed by atoms with Gasteiger partial charge in [-0.2, -0.15) is 32.5 Å². The number of anilines is 6. The van der Waals surface area contributed by atoms with Crippen LogP contribution in [-0.2, 0) is 6.18 Å². The highest BCUT2D eigenvalue weighted by atomic mass is 19.4. The summed E-state index contributed by atoms with van der Waals surface area (Å²) in [6.07, 6.45) is -1.50. The van der Waals surface area contributed by atoms with Crippen LogP contribution in [-0.4, -0.2) is 30.5 Å². The number of nitrogens with zero attached hydrogens (tertiary/aromatic N) is 5. The lowest BCUT2D eigenvalue weighted by Gasteiger charge is -2.15. The van der Waals surface area contributed by atoms with Crippen LogP contribution in [0, 0.1) is 5.95 Å². The highest BCUT2D eigenvalue weighted by Gasteiger charge is 2.38. The second-order valence-corrected chi connectivity index (χ2v) is 7.27. The lowest BCUT2D eigenvalue weighted by atomic mass is 10.3. The zero-order chi connectivity index (χ0) is 22.2. The molecule has 0 unspecified atom stereocenters. The molecule has 13 heteroatoms. The van der Waals surface area contributed by atoms with Crippen molar-refractivity contribution in [1.82, 2.24) is 24.9 Å². The Balaban J connectivity index is 1.66. The van der Waals surface area contributed by atoms with E-state index in [1.165, 1.54) is 6.20 Å². The van der Waals surface area contributed by atoms with E-state index in [9.17, 15) is 17.6 Å². The minimum atomic E-state index is -4.81. The van der Waals surface area contributed by atoms with Gasteiger partial charge < -0.3 is 21.7 Å². The van der Waals surface area contributed by atoms with Crippen LogP contribution in [0.25, 0.3) is 0 Å². The summed E-state index contributed by atoms with van der Waals surface area (Å²) in [5.74, 6) is -0.813. The van der Waals surface area contributed by atoms with Gasteiger partial charge in [0.15, 0.2) is 0 Å². The van der Waals surface area contributed by atoms with Gasteiger partial charge >= 0.3 is 6.18 Å². The molecule has 0 spiro atoms. The second-order valence-electron chi connectivity index (χ2n) is 7.27. The predicted octanol–water partition coefficient (Wildman–Crippen LogP) is 3.85. The smallest absolute Gasteiger partial charge is 0.384 e. The van der Waals surface area contributed by atoms with E-state index in [0.717, 1.165) is 18.9 Å². The fourth-order valence-electron chi connectivity index (χ4n) is 2.62. The number of nitrogen functional groups attached to an aromatic ring is 1. The molecule has 3 heterocycles. The topological polar surface area (TPSA) is 127 Å². The van der Waals surface area contributed by atoms with Gasteiger partial charge in [-0.1, -0.05) is 0 Å². The Hall–Kier alpha value is -3.77. The van der Waals surface area contributed by atoms with Crippen molar-refractivity contribution in [2.75, 3.05) is 21.7 Å². The first-order valence-corrected chi connectivity index (χ1v) is 9.13. The summed E-state index contributed by atoms with van der Waals surface area (Å²) in [5, 5.41) is 8.68. The van der Waals surface area contributed by atoms with Crippen LogP contribution in [0.2, 0.25) is 0 Å². The number of halogens is 4.